The molecule has 0 saturated carbocycles. The van der Waals surface area contributed by atoms with E-state index in [4.69, 9.17) is 10.5 Å². The normalized spacial score (nSPS) is 24.1. The van der Waals surface area contributed by atoms with Crippen LogP contribution in [0.4, 0.5) is 4.39 Å². The van der Waals surface area contributed by atoms with Crippen LogP contribution in [0.2, 0.25) is 0 Å². The molecule has 2 N–H and O–H groups in total. The minimum absolute atomic E-state index is 0.0441. The van der Waals surface area contributed by atoms with Gasteiger partial charge < -0.3 is 10.5 Å². The van der Waals surface area contributed by atoms with Gasteiger partial charge >= 0.3 is 0 Å². The molecule has 0 aliphatic carbocycles. The molecule has 1 fully saturated rings. The molecule has 1 aromatic carbocycles. The molecule has 3 nitrogen and oxygen atoms in total. The molecule has 1 saturated heterocycles. The first-order chi connectivity index (χ1) is 9.11. The lowest BCUT2D eigenvalue weighted by molar-refractivity contribution is -0.0477. The van der Waals surface area contributed by atoms with Crippen LogP contribution in [0, 0.1) is 5.82 Å². The lowest BCUT2D eigenvalue weighted by Crippen LogP contribution is -2.48. The SMILES string of the molecule is CCC1CN(C(c2cccc(F)c2)C(C)N)CCO1. The van der Waals surface area contributed by atoms with Crippen molar-refractivity contribution in [2.24, 2.45) is 5.73 Å². The van der Waals surface area contributed by atoms with Gasteiger partial charge in [-0.3, -0.25) is 4.90 Å². The topological polar surface area (TPSA) is 38.5 Å². The molecule has 0 aromatic heterocycles. The Morgan fingerprint density at radius 2 is 2.32 bits per heavy atom. The fraction of sp³-hybridized carbons (Fsp3) is 0.600. The molecule has 2 rings (SSSR count). The predicted molar refractivity (Wildman–Crippen MR) is 74.4 cm³/mol. The number of halogens is 1. The molecule has 0 amide bonds. The Hall–Kier alpha value is -0.970. The maximum absolute atomic E-state index is 13.4. The third kappa shape index (κ3) is 3.53. The summed E-state index contributed by atoms with van der Waals surface area (Å²) in [7, 11) is 0. The number of nitrogens with two attached hydrogens (primary N) is 1. The van der Waals surface area contributed by atoms with Gasteiger partial charge in [-0.15, -0.1) is 0 Å². The molecule has 1 heterocycles. The average Bonchev–Trinajstić information content (AvgIpc) is 2.39. The van der Waals surface area contributed by atoms with E-state index in [-0.39, 0.29) is 24.0 Å². The molecular formula is C15H23FN2O. The van der Waals surface area contributed by atoms with E-state index < -0.39 is 0 Å². The van der Waals surface area contributed by atoms with E-state index in [1.54, 1.807) is 12.1 Å². The highest BCUT2D eigenvalue weighted by atomic mass is 19.1. The van der Waals surface area contributed by atoms with Gasteiger partial charge in [-0.25, -0.2) is 4.39 Å². The lowest BCUT2D eigenvalue weighted by atomic mass is 9.98. The summed E-state index contributed by atoms with van der Waals surface area (Å²) >= 11 is 0. The van der Waals surface area contributed by atoms with Crippen LogP contribution in [-0.4, -0.2) is 36.7 Å². The van der Waals surface area contributed by atoms with Gasteiger partial charge in [0.15, 0.2) is 0 Å². The van der Waals surface area contributed by atoms with Crippen LogP contribution in [0.3, 0.4) is 0 Å². The van der Waals surface area contributed by atoms with E-state index in [9.17, 15) is 4.39 Å². The first-order valence-electron chi connectivity index (χ1n) is 6.98. The maximum Gasteiger partial charge on any atom is 0.123 e. The summed E-state index contributed by atoms with van der Waals surface area (Å²) in [5, 5.41) is 0. The number of nitrogens with zero attached hydrogens (tertiary/aromatic N) is 1. The first-order valence-corrected chi connectivity index (χ1v) is 6.98. The zero-order valence-corrected chi connectivity index (χ0v) is 11.7. The highest BCUT2D eigenvalue weighted by Gasteiger charge is 2.29. The minimum Gasteiger partial charge on any atom is -0.376 e. The molecule has 0 spiro atoms. The van der Waals surface area contributed by atoms with E-state index in [1.807, 2.05) is 13.0 Å². The van der Waals surface area contributed by atoms with Crippen molar-refractivity contribution < 1.29 is 9.13 Å². The Labute approximate surface area is 114 Å². The number of benzene rings is 1. The van der Waals surface area contributed by atoms with Crippen molar-refractivity contribution in [1.29, 1.82) is 0 Å². The van der Waals surface area contributed by atoms with E-state index in [0.29, 0.717) is 0 Å². The average molecular weight is 266 g/mol. The second-order valence-electron chi connectivity index (χ2n) is 5.25. The molecule has 1 aliphatic heterocycles. The lowest BCUT2D eigenvalue weighted by Gasteiger charge is -2.40. The smallest absolute Gasteiger partial charge is 0.123 e. The quantitative estimate of drug-likeness (QED) is 0.909. The number of ether oxygens (including phenoxy) is 1. The summed E-state index contributed by atoms with van der Waals surface area (Å²) in [6.07, 6.45) is 1.24. The van der Waals surface area contributed by atoms with Crippen LogP contribution >= 0.6 is 0 Å². The number of hydrogen-bond acceptors (Lipinski definition) is 3. The van der Waals surface area contributed by atoms with Crippen LogP contribution in [0.25, 0.3) is 0 Å². The maximum atomic E-state index is 13.4. The highest BCUT2D eigenvalue weighted by molar-refractivity contribution is 5.22. The Morgan fingerprint density at radius 1 is 1.53 bits per heavy atom. The largest absolute Gasteiger partial charge is 0.376 e. The third-order valence-corrected chi connectivity index (χ3v) is 3.71. The summed E-state index contributed by atoms with van der Waals surface area (Å²) in [5.41, 5.74) is 7.08. The molecule has 1 aromatic rings. The molecule has 19 heavy (non-hydrogen) atoms. The molecule has 0 radical (unpaired) electrons. The Balaban J connectivity index is 2.20. The third-order valence-electron chi connectivity index (χ3n) is 3.71. The fourth-order valence-electron chi connectivity index (χ4n) is 2.78. The van der Waals surface area contributed by atoms with E-state index in [2.05, 4.69) is 11.8 Å². The van der Waals surface area contributed by atoms with Gasteiger partial charge in [0, 0.05) is 25.2 Å². The van der Waals surface area contributed by atoms with Crippen LogP contribution in [-0.2, 0) is 4.74 Å². The van der Waals surface area contributed by atoms with Crippen molar-refractivity contribution in [2.45, 2.75) is 38.5 Å². The molecular weight excluding hydrogens is 243 g/mol. The van der Waals surface area contributed by atoms with Crippen molar-refractivity contribution >= 4 is 0 Å². The van der Waals surface area contributed by atoms with Gasteiger partial charge in [0.2, 0.25) is 0 Å². The van der Waals surface area contributed by atoms with E-state index in [0.717, 1.165) is 31.7 Å². The Morgan fingerprint density at radius 3 is 2.95 bits per heavy atom. The Kier molecular flexibility index (Phi) is 4.91. The molecule has 3 atom stereocenters. The predicted octanol–water partition coefficient (Wildman–Crippen LogP) is 2.32. The van der Waals surface area contributed by atoms with Crippen LogP contribution in [0.15, 0.2) is 24.3 Å². The van der Waals surface area contributed by atoms with Gasteiger partial charge in [-0.05, 0) is 31.0 Å². The van der Waals surface area contributed by atoms with Gasteiger partial charge in [0.05, 0.1) is 12.7 Å². The summed E-state index contributed by atoms with van der Waals surface area (Å²) in [6.45, 7) is 6.53. The summed E-state index contributed by atoms with van der Waals surface area (Å²) in [5.74, 6) is -0.205. The highest BCUT2D eigenvalue weighted by Crippen LogP contribution is 2.26. The zero-order valence-electron chi connectivity index (χ0n) is 11.7. The molecule has 0 bridgehead atoms. The van der Waals surface area contributed by atoms with E-state index >= 15 is 0 Å². The van der Waals surface area contributed by atoms with Gasteiger partial charge in [0.1, 0.15) is 5.82 Å². The number of rotatable bonds is 4. The number of morpholine rings is 1. The van der Waals surface area contributed by atoms with Crippen LogP contribution < -0.4 is 5.73 Å². The summed E-state index contributed by atoms with van der Waals surface area (Å²) < 4.78 is 19.1. The van der Waals surface area contributed by atoms with Gasteiger partial charge in [-0.2, -0.15) is 0 Å². The second-order valence-corrected chi connectivity index (χ2v) is 5.25. The van der Waals surface area contributed by atoms with Gasteiger partial charge in [0.25, 0.3) is 0 Å². The second kappa shape index (κ2) is 6.46. The summed E-state index contributed by atoms with van der Waals surface area (Å²) in [4.78, 5) is 2.32. The van der Waals surface area contributed by atoms with Crippen molar-refractivity contribution in [3.8, 4) is 0 Å². The number of hydrogen-bond donors (Lipinski definition) is 1. The monoisotopic (exact) mass is 266 g/mol. The van der Waals surface area contributed by atoms with Crippen molar-refractivity contribution in [3.05, 3.63) is 35.6 Å². The minimum atomic E-state index is -0.205. The van der Waals surface area contributed by atoms with E-state index in [1.165, 1.54) is 6.07 Å². The van der Waals surface area contributed by atoms with Crippen LogP contribution in [0.5, 0.6) is 0 Å². The van der Waals surface area contributed by atoms with Crippen LogP contribution in [0.1, 0.15) is 31.9 Å². The molecule has 4 heteroatoms. The molecule has 3 unspecified atom stereocenters. The van der Waals surface area contributed by atoms with Gasteiger partial charge in [-0.1, -0.05) is 19.1 Å². The fourth-order valence-corrected chi connectivity index (χ4v) is 2.78. The summed E-state index contributed by atoms with van der Waals surface area (Å²) in [6, 6.07) is 6.76. The standard InChI is InChI=1S/C15H23FN2O/c1-3-14-10-18(7-8-19-14)15(11(2)17)12-5-4-6-13(16)9-12/h4-6,9,11,14-15H,3,7-8,10,17H2,1-2H3. The molecule has 1 aliphatic rings. The molecule has 106 valence electrons. The Bertz CT molecular complexity index is 411. The van der Waals surface area contributed by atoms with Crippen molar-refractivity contribution in [2.75, 3.05) is 19.7 Å². The van der Waals surface area contributed by atoms with Crippen molar-refractivity contribution in [1.82, 2.24) is 4.90 Å². The zero-order chi connectivity index (χ0) is 13.8. The van der Waals surface area contributed by atoms with Crippen molar-refractivity contribution in [3.63, 3.8) is 0 Å². The first kappa shape index (κ1) is 14.4.